The zero-order valence-electron chi connectivity index (χ0n) is 8.68. The van der Waals surface area contributed by atoms with Gasteiger partial charge in [0.05, 0.1) is 11.9 Å². The average molecular weight is 206 g/mol. The number of aliphatic hydroxyl groups is 1. The van der Waals surface area contributed by atoms with Crippen LogP contribution >= 0.6 is 0 Å². The fourth-order valence-electron chi connectivity index (χ4n) is 1.87. The summed E-state index contributed by atoms with van der Waals surface area (Å²) in [4.78, 5) is 17.4. The van der Waals surface area contributed by atoms with Gasteiger partial charge in [-0.05, 0) is 18.6 Å². The van der Waals surface area contributed by atoms with Crippen molar-refractivity contribution >= 4 is 11.6 Å². The highest BCUT2D eigenvalue weighted by Crippen LogP contribution is 2.26. The van der Waals surface area contributed by atoms with E-state index in [-0.39, 0.29) is 18.4 Å². The first-order valence-corrected chi connectivity index (χ1v) is 5.04. The molecule has 0 saturated carbocycles. The molecule has 2 heterocycles. The molecule has 1 aromatic rings. The minimum atomic E-state index is 0.0668. The number of rotatable bonds is 2. The van der Waals surface area contributed by atoms with Gasteiger partial charge in [-0.25, -0.2) is 0 Å². The second kappa shape index (κ2) is 3.98. The molecule has 1 unspecified atom stereocenters. The number of aliphatic hydroxyl groups excluding tert-OH is 1. The number of anilines is 1. The lowest BCUT2D eigenvalue weighted by molar-refractivity contribution is -0.117. The third kappa shape index (κ3) is 1.85. The van der Waals surface area contributed by atoms with Crippen molar-refractivity contribution in [2.24, 2.45) is 5.92 Å². The maximum absolute atomic E-state index is 11.7. The molecule has 0 radical (unpaired) electrons. The first kappa shape index (κ1) is 10.1. The zero-order valence-corrected chi connectivity index (χ0v) is 8.68. The van der Waals surface area contributed by atoms with Crippen LogP contribution in [0.15, 0.2) is 18.5 Å². The van der Waals surface area contributed by atoms with E-state index in [2.05, 4.69) is 4.98 Å². The van der Waals surface area contributed by atoms with Crippen LogP contribution in [-0.2, 0) is 4.79 Å². The maximum Gasteiger partial charge on any atom is 0.227 e. The van der Waals surface area contributed by atoms with Crippen molar-refractivity contribution in [3.63, 3.8) is 0 Å². The summed E-state index contributed by atoms with van der Waals surface area (Å²) < 4.78 is 0. The Hall–Kier alpha value is -1.42. The van der Waals surface area contributed by atoms with Gasteiger partial charge >= 0.3 is 0 Å². The fraction of sp³-hybridized carbons (Fsp3) is 0.455. The van der Waals surface area contributed by atoms with Crippen molar-refractivity contribution in [2.45, 2.75) is 13.3 Å². The third-order valence-electron chi connectivity index (χ3n) is 2.77. The fourth-order valence-corrected chi connectivity index (χ4v) is 1.87. The van der Waals surface area contributed by atoms with Gasteiger partial charge in [0.15, 0.2) is 0 Å². The zero-order chi connectivity index (χ0) is 10.8. The lowest BCUT2D eigenvalue weighted by Crippen LogP contribution is -2.25. The number of aryl methyl sites for hydroxylation is 1. The number of nitrogens with zero attached hydrogens (tertiary/aromatic N) is 2. The predicted octanol–water partition coefficient (Wildman–Crippen LogP) is 0.735. The van der Waals surface area contributed by atoms with Crippen molar-refractivity contribution in [1.29, 1.82) is 0 Å². The molecule has 1 atom stereocenters. The number of hydrogen-bond acceptors (Lipinski definition) is 3. The van der Waals surface area contributed by atoms with Crippen molar-refractivity contribution in [3.8, 4) is 0 Å². The molecule has 0 aliphatic carbocycles. The summed E-state index contributed by atoms with van der Waals surface area (Å²) in [5.74, 6) is 0.141. The van der Waals surface area contributed by atoms with Crippen LogP contribution in [0, 0.1) is 12.8 Å². The van der Waals surface area contributed by atoms with E-state index in [1.807, 2.05) is 13.0 Å². The lowest BCUT2D eigenvalue weighted by Gasteiger charge is -2.17. The van der Waals surface area contributed by atoms with Crippen LogP contribution in [-0.4, -0.2) is 29.1 Å². The summed E-state index contributed by atoms with van der Waals surface area (Å²) in [5, 5.41) is 9.02. The first-order valence-electron chi connectivity index (χ1n) is 5.04. The van der Waals surface area contributed by atoms with Crippen LogP contribution in [0.5, 0.6) is 0 Å². The molecule has 1 aliphatic rings. The second-order valence-electron chi connectivity index (χ2n) is 3.92. The number of amides is 1. The van der Waals surface area contributed by atoms with Crippen LogP contribution in [0.25, 0.3) is 0 Å². The van der Waals surface area contributed by atoms with Gasteiger partial charge in [0.25, 0.3) is 0 Å². The van der Waals surface area contributed by atoms with Gasteiger partial charge in [0.1, 0.15) is 0 Å². The molecular weight excluding hydrogens is 192 g/mol. The van der Waals surface area contributed by atoms with Gasteiger partial charge < -0.3 is 10.0 Å². The Bertz CT molecular complexity index is 379. The molecule has 0 aromatic carbocycles. The summed E-state index contributed by atoms with van der Waals surface area (Å²) in [7, 11) is 0. The SMILES string of the molecule is Cc1ccncc1N1CC(CO)CC1=O. The number of aromatic nitrogens is 1. The Morgan fingerprint density at radius 3 is 3.07 bits per heavy atom. The number of carbonyl (C=O) groups excluding carboxylic acids is 1. The Morgan fingerprint density at radius 2 is 2.47 bits per heavy atom. The minimum Gasteiger partial charge on any atom is -0.396 e. The Labute approximate surface area is 88.6 Å². The van der Waals surface area contributed by atoms with Gasteiger partial charge in [-0.1, -0.05) is 0 Å². The largest absolute Gasteiger partial charge is 0.396 e. The highest BCUT2D eigenvalue weighted by atomic mass is 16.3. The van der Waals surface area contributed by atoms with E-state index in [0.29, 0.717) is 13.0 Å². The van der Waals surface area contributed by atoms with E-state index in [1.54, 1.807) is 17.3 Å². The average Bonchev–Trinajstić information content (AvgIpc) is 2.60. The van der Waals surface area contributed by atoms with Crippen LogP contribution < -0.4 is 4.90 Å². The smallest absolute Gasteiger partial charge is 0.227 e. The predicted molar refractivity (Wildman–Crippen MR) is 56.5 cm³/mol. The maximum atomic E-state index is 11.7. The molecule has 0 spiro atoms. The highest BCUT2D eigenvalue weighted by molar-refractivity contribution is 5.96. The van der Waals surface area contributed by atoms with Crippen molar-refractivity contribution in [1.82, 2.24) is 4.98 Å². The van der Waals surface area contributed by atoms with Crippen LogP contribution in [0.4, 0.5) is 5.69 Å². The van der Waals surface area contributed by atoms with E-state index in [4.69, 9.17) is 5.11 Å². The van der Waals surface area contributed by atoms with E-state index in [0.717, 1.165) is 11.3 Å². The molecule has 1 fully saturated rings. The number of carbonyl (C=O) groups is 1. The topological polar surface area (TPSA) is 53.4 Å². The molecule has 1 saturated heterocycles. The number of hydrogen-bond donors (Lipinski definition) is 1. The van der Waals surface area contributed by atoms with Crippen molar-refractivity contribution in [2.75, 3.05) is 18.1 Å². The molecule has 1 aromatic heterocycles. The van der Waals surface area contributed by atoms with E-state index in [1.165, 1.54) is 0 Å². The highest BCUT2D eigenvalue weighted by Gasteiger charge is 2.30. The lowest BCUT2D eigenvalue weighted by atomic mass is 10.1. The quantitative estimate of drug-likeness (QED) is 0.776. The Balaban J connectivity index is 2.25. The Morgan fingerprint density at radius 1 is 1.67 bits per heavy atom. The third-order valence-corrected chi connectivity index (χ3v) is 2.77. The van der Waals surface area contributed by atoms with Gasteiger partial charge in [0.2, 0.25) is 5.91 Å². The van der Waals surface area contributed by atoms with E-state index in [9.17, 15) is 4.79 Å². The van der Waals surface area contributed by atoms with Crippen LogP contribution in [0.3, 0.4) is 0 Å². The summed E-state index contributed by atoms with van der Waals surface area (Å²) in [5.41, 5.74) is 1.90. The van der Waals surface area contributed by atoms with Crippen LogP contribution in [0.1, 0.15) is 12.0 Å². The van der Waals surface area contributed by atoms with Crippen molar-refractivity contribution < 1.29 is 9.90 Å². The van der Waals surface area contributed by atoms with Gasteiger partial charge in [-0.2, -0.15) is 0 Å². The number of pyridine rings is 1. The van der Waals surface area contributed by atoms with Crippen molar-refractivity contribution in [3.05, 3.63) is 24.0 Å². The van der Waals surface area contributed by atoms with E-state index < -0.39 is 0 Å². The molecule has 15 heavy (non-hydrogen) atoms. The summed E-state index contributed by atoms with van der Waals surface area (Å²) in [6.45, 7) is 2.62. The Kier molecular flexibility index (Phi) is 2.68. The summed E-state index contributed by atoms with van der Waals surface area (Å²) in [6, 6.07) is 1.88. The molecule has 2 rings (SSSR count). The minimum absolute atomic E-state index is 0.0668. The first-order chi connectivity index (χ1) is 7.22. The molecule has 0 bridgehead atoms. The normalized spacial score (nSPS) is 21.1. The van der Waals surface area contributed by atoms with E-state index >= 15 is 0 Å². The molecule has 1 N–H and O–H groups in total. The monoisotopic (exact) mass is 206 g/mol. The molecule has 4 nitrogen and oxygen atoms in total. The van der Waals surface area contributed by atoms with Crippen LogP contribution in [0.2, 0.25) is 0 Å². The van der Waals surface area contributed by atoms with Gasteiger partial charge in [0, 0.05) is 31.7 Å². The summed E-state index contributed by atoms with van der Waals surface area (Å²) in [6.07, 6.45) is 3.85. The molecule has 1 amide bonds. The molecule has 4 heteroatoms. The van der Waals surface area contributed by atoms with Gasteiger partial charge in [-0.3, -0.25) is 9.78 Å². The second-order valence-corrected chi connectivity index (χ2v) is 3.92. The summed E-state index contributed by atoms with van der Waals surface area (Å²) >= 11 is 0. The molecule has 1 aliphatic heterocycles. The molecule has 80 valence electrons. The van der Waals surface area contributed by atoms with Gasteiger partial charge in [-0.15, -0.1) is 0 Å². The molecular formula is C11H14N2O2. The standard InChI is InChI=1S/C11H14N2O2/c1-8-2-3-12-5-10(8)13-6-9(7-14)4-11(13)15/h2-3,5,9,14H,4,6-7H2,1H3.